The molecule has 21 heavy (non-hydrogen) atoms. The van der Waals surface area contributed by atoms with Gasteiger partial charge in [-0.2, -0.15) is 0 Å². The van der Waals surface area contributed by atoms with Gasteiger partial charge >= 0.3 is 12.0 Å². The first-order valence-electron chi connectivity index (χ1n) is 6.74. The average molecular weight is 312 g/mol. The molecule has 1 unspecified atom stereocenters. The van der Waals surface area contributed by atoms with Crippen molar-refractivity contribution >= 4 is 29.2 Å². The van der Waals surface area contributed by atoms with Crippen LogP contribution in [-0.2, 0) is 16.0 Å². The van der Waals surface area contributed by atoms with Crippen LogP contribution in [0.15, 0.2) is 12.1 Å². The number of carbonyl (C=O) groups is 3. The van der Waals surface area contributed by atoms with Gasteiger partial charge in [0.25, 0.3) is 0 Å². The Morgan fingerprint density at radius 1 is 1.29 bits per heavy atom. The van der Waals surface area contributed by atoms with E-state index in [9.17, 15) is 14.4 Å². The van der Waals surface area contributed by atoms with Crippen LogP contribution in [-0.4, -0.2) is 29.1 Å². The first-order valence-corrected chi connectivity index (χ1v) is 7.56. The van der Waals surface area contributed by atoms with E-state index in [1.54, 1.807) is 11.3 Å². The average Bonchev–Trinajstić information content (AvgIpc) is 2.73. The molecule has 116 valence electrons. The number of carboxylic acids is 1. The van der Waals surface area contributed by atoms with Gasteiger partial charge in [-0.05, 0) is 32.4 Å². The molecule has 1 aromatic heterocycles. The second kappa shape index (κ2) is 8.41. The normalized spacial score (nSPS) is 11.7. The van der Waals surface area contributed by atoms with Gasteiger partial charge in [-0.1, -0.05) is 0 Å². The first kappa shape index (κ1) is 17.2. The van der Waals surface area contributed by atoms with Crippen LogP contribution >= 0.6 is 11.3 Å². The van der Waals surface area contributed by atoms with E-state index in [2.05, 4.69) is 10.6 Å². The third-order valence-corrected chi connectivity index (χ3v) is 3.75. The standard InChI is InChI=1S/C14H20N2O4S/c1-9(8-11-7-6-10(2)21-11)15-14(20)16-12(17)4-3-5-13(18)19/h6-7,9H,3-5,8H2,1-2H3,(H,18,19)(H2,15,16,17,20). The number of amides is 3. The summed E-state index contributed by atoms with van der Waals surface area (Å²) in [6.07, 6.45) is 0.874. The lowest BCUT2D eigenvalue weighted by Crippen LogP contribution is -2.44. The predicted molar refractivity (Wildman–Crippen MR) is 80.4 cm³/mol. The van der Waals surface area contributed by atoms with Crippen LogP contribution in [0.25, 0.3) is 0 Å². The van der Waals surface area contributed by atoms with Gasteiger partial charge in [0.15, 0.2) is 0 Å². The Kier molecular flexibility index (Phi) is 6.87. The van der Waals surface area contributed by atoms with Gasteiger partial charge in [0.1, 0.15) is 0 Å². The van der Waals surface area contributed by atoms with Crippen molar-refractivity contribution in [3.63, 3.8) is 0 Å². The number of carboxylic acid groups (broad SMARTS) is 1. The Labute approximate surface area is 127 Å². The summed E-state index contributed by atoms with van der Waals surface area (Å²) in [7, 11) is 0. The maximum Gasteiger partial charge on any atom is 0.321 e. The van der Waals surface area contributed by atoms with E-state index in [0.29, 0.717) is 6.42 Å². The number of imide groups is 1. The van der Waals surface area contributed by atoms with Gasteiger partial charge in [0, 0.05) is 35.1 Å². The van der Waals surface area contributed by atoms with Crippen LogP contribution in [0.1, 0.15) is 35.9 Å². The van der Waals surface area contributed by atoms with Gasteiger partial charge in [-0.15, -0.1) is 11.3 Å². The summed E-state index contributed by atoms with van der Waals surface area (Å²) in [5.41, 5.74) is 0. The Morgan fingerprint density at radius 2 is 2.00 bits per heavy atom. The maximum absolute atomic E-state index is 11.6. The minimum Gasteiger partial charge on any atom is -0.481 e. The van der Waals surface area contributed by atoms with Crippen LogP contribution in [0.4, 0.5) is 4.79 Å². The zero-order valence-electron chi connectivity index (χ0n) is 12.1. The molecule has 6 nitrogen and oxygen atoms in total. The van der Waals surface area contributed by atoms with Crippen LogP contribution in [0, 0.1) is 6.92 Å². The van der Waals surface area contributed by atoms with Crippen molar-refractivity contribution in [2.45, 2.75) is 45.6 Å². The van der Waals surface area contributed by atoms with Crippen molar-refractivity contribution < 1.29 is 19.5 Å². The summed E-state index contributed by atoms with van der Waals surface area (Å²) in [5.74, 6) is -1.42. The topological polar surface area (TPSA) is 95.5 Å². The van der Waals surface area contributed by atoms with E-state index in [1.807, 2.05) is 26.0 Å². The Hall–Kier alpha value is -1.89. The molecule has 1 aromatic rings. The maximum atomic E-state index is 11.6. The van der Waals surface area contributed by atoms with Crippen LogP contribution in [0.2, 0.25) is 0 Å². The van der Waals surface area contributed by atoms with Crippen molar-refractivity contribution in [3.05, 3.63) is 21.9 Å². The molecular formula is C14H20N2O4S. The van der Waals surface area contributed by atoms with Crippen molar-refractivity contribution in [2.24, 2.45) is 0 Å². The number of rotatable bonds is 7. The molecule has 1 heterocycles. The summed E-state index contributed by atoms with van der Waals surface area (Å²) in [4.78, 5) is 35.7. The fourth-order valence-corrected chi connectivity index (χ4v) is 2.82. The highest BCUT2D eigenvalue weighted by atomic mass is 32.1. The minimum atomic E-state index is -0.952. The molecule has 0 saturated heterocycles. The van der Waals surface area contributed by atoms with E-state index in [0.717, 1.165) is 0 Å². The van der Waals surface area contributed by atoms with E-state index in [4.69, 9.17) is 5.11 Å². The van der Waals surface area contributed by atoms with Crippen LogP contribution < -0.4 is 10.6 Å². The van der Waals surface area contributed by atoms with Gasteiger partial charge in [0.05, 0.1) is 0 Å². The fourth-order valence-electron chi connectivity index (χ4n) is 1.80. The van der Waals surface area contributed by atoms with Crippen molar-refractivity contribution in [1.29, 1.82) is 0 Å². The SMILES string of the molecule is Cc1ccc(CC(C)NC(=O)NC(=O)CCCC(=O)O)s1. The number of thiophene rings is 1. The molecule has 0 saturated carbocycles. The lowest BCUT2D eigenvalue weighted by Gasteiger charge is -2.13. The Morgan fingerprint density at radius 3 is 2.57 bits per heavy atom. The monoisotopic (exact) mass is 312 g/mol. The van der Waals surface area contributed by atoms with E-state index in [1.165, 1.54) is 9.75 Å². The van der Waals surface area contributed by atoms with Crippen LogP contribution in [0.5, 0.6) is 0 Å². The van der Waals surface area contributed by atoms with Gasteiger partial charge < -0.3 is 10.4 Å². The fraction of sp³-hybridized carbons (Fsp3) is 0.500. The van der Waals surface area contributed by atoms with Crippen molar-refractivity contribution in [2.75, 3.05) is 0 Å². The number of hydrogen-bond acceptors (Lipinski definition) is 4. The highest BCUT2D eigenvalue weighted by molar-refractivity contribution is 7.11. The number of nitrogens with one attached hydrogen (secondary N) is 2. The molecule has 0 aromatic carbocycles. The smallest absolute Gasteiger partial charge is 0.321 e. The summed E-state index contributed by atoms with van der Waals surface area (Å²) in [5, 5.41) is 13.3. The summed E-state index contributed by atoms with van der Waals surface area (Å²) < 4.78 is 0. The molecule has 3 amide bonds. The molecular weight excluding hydrogens is 292 g/mol. The number of hydrogen-bond donors (Lipinski definition) is 3. The lowest BCUT2D eigenvalue weighted by molar-refractivity contribution is -0.137. The molecule has 1 atom stereocenters. The lowest BCUT2D eigenvalue weighted by atomic mass is 10.2. The van der Waals surface area contributed by atoms with Crippen molar-refractivity contribution in [1.82, 2.24) is 10.6 Å². The number of aryl methyl sites for hydroxylation is 1. The molecule has 0 aliphatic rings. The molecule has 0 radical (unpaired) electrons. The molecule has 7 heteroatoms. The quantitative estimate of drug-likeness (QED) is 0.718. The van der Waals surface area contributed by atoms with Crippen LogP contribution in [0.3, 0.4) is 0 Å². The first-order chi connectivity index (χ1) is 9.86. The Balaban J connectivity index is 2.25. The minimum absolute atomic E-state index is 0.0260. The summed E-state index contributed by atoms with van der Waals surface area (Å²) in [6, 6.07) is 3.41. The highest BCUT2D eigenvalue weighted by Crippen LogP contribution is 2.16. The zero-order valence-corrected chi connectivity index (χ0v) is 13.0. The van der Waals surface area contributed by atoms with E-state index in [-0.39, 0.29) is 25.3 Å². The molecule has 0 aliphatic carbocycles. The van der Waals surface area contributed by atoms with E-state index >= 15 is 0 Å². The third-order valence-electron chi connectivity index (χ3n) is 2.73. The van der Waals surface area contributed by atoms with E-state index < -0.39 is 17.9 Å². The molecule has 0 aliphatic heterocycles. The summed E-state index contributed by atoms with van der Waals surface area (Å²) >= 11 is 1.68. The van der Waals surface area contributed by atoms with Crippen molar-refractivity contribution in [3.8, 4) is 0 Å². The number of carbonyl (C=O) groups excluding carboxylic acids is 2. The van der Waals surface area contributed by atoms with Gasteiger partial charge in [0.2, 0.25) is 5.91 Å². The van der Waals surface area contributed by atoms with Gasteiger partial charge in [-0.25, -0.2) is 4.79 Å². The highest BCUT2D eigenvalue weighted by Gasteiger charge is 2.12. The van der Waals surface area contributed by atoms with Gasteiger partial charge in [-0.3, -0.25) is 14.9 Å². The zero-order chi connectivity index (χ0) is 15.8. The molecule has 0 spiro atoms. The predicted octanol–water partition coefficient (Wildman–Crippen LogP) is 2.07. The number of aliphatic carboxylic acids is 1. The number of urea groups is 1. The largest absolute Gasteiger partial charge is 0.481 e. The second-order valence-electron chi connectivity index (χ2n) is 4.89. The molecule has 0 fully saturated rings. The Bertz CT molecular complexity index is 513. The molecule has 3 N–H and O–H groups in total. The summed E-state index contributed by atoms with van der Waals surface area (Å²) in [6.45, 7) is 3.89. The third kappa shape index (κ3) is 7.45. The molecule has 0 bridgehead atoms. The molecule has 1 rings (SSSR count). The second-order valence-corrected chi connectivity index (χ2v) is 6.26.